The Morgan fingerprint density at radius 1 is 1.30 bits per heavy atom. The van der Waals surface area contributed by atoms with Crippen molar-refractivity contribution in [3.63, 3.8) is 0 Å². The summed E-state index contributed by atoms with van der Waals surface area (Å²) >= 11 is 0. The molecule has 3 unspecified atom stereocenters. The number of aromatic nitrogens is 2. The lowest BCUT2D eigenvalue weighted by molar-refractivity contribution is 0.155. The Morgan fingerprint density at radius 2 is 2.15 bits per heavy atom. The van der Waals surface area contributed by atoms with Crippen LogP contribution in [0, 0.1) is 16.7 Å². The molecule has 3 atom stereocenters. The third-order valence-corrected chi connectivity index (χ3v) is 6.05. The maximum atomic E-state index is 4.17. The van der Waals surface area contributed by atoms with E-state index in [1.165, 1.54) is 30.3 Å². The van der Waals surface area contributed by atoms with Crippen LogP contribution < -0.4 is 5.32 Å². The molecule has 3 heteroatoms. The molecule has 1 aromatic carbocycles. The fraction of sp³-hybridized carbons (Fsp3) is 0.588. The van der Waals surface area contributed by atoms with Gasteiger partial charge in [-0.15, -0.1) is 0 Å². The van der Waals surface area contributed by atoms with E-state index in [1.807, 2.05) is 6.20 Å². The highest BCUT2D eigenvalue weighted by Crippen LogP contribution is 2.63. The maximum absolute atomic E-state index is 4.17. The summed E-state index contributed by atoms with van der Waals surface area (Å²) in [5, 5.41) is 12.3. The van der Waals surface area contributed by atoms with Crippen molar-refractivity contribution < 1.29 is 0 Å². The highest BCUT2D eigenvalue weighted by molar-refractivity contribution is 5.91. The topological polar surface area (TPSA) is 40.7 Å². The van der Waals surface area contributed by atoms with Crippen LogP contribution in [0.1, 0.15) is 40.0 Å². The van der Waals surface area contributed by atoms with E-state index in [2.05, 4.69) is 54.5 Å². The van der Waals surface area contributed by atoms with Crippen LogP contribution in [0.5, 0.6) is 0 Å². The maximum Gasteiger partial charge on any atom is 0.0671 e. The number of benzene rings is 1. The molecule has 20 heavy (non-hydrogen) atoms. The zero-order valence-corrected chi connectivity index (χ0v) is 12.5. The molecule has 1 heterocycles. The second-order valence-electron chi connectivity index (χ2n) is 7.63. The van der Waals surface area contributed by atoms with Crippen LogP contribution in [0.15, 0.2) is 24.4 Å². The molecular weight excluding hydrogens is 246 g/mol. The number of hydrogen-bond acceptors (Lipinski definition) is 2. The number of H-pyrrole nitrogens is 1. The molecular formula is C17H23N3. The molecule has 2 bridgehead atoms. The molecule has 2 aliphatic carbocycles. The lowest BCUT2D eigenvalue weighted by atomic mass is 9.68. The van der Waals surface area contributed by atoms with E-state index in [9.17, 15) is 0 Å². The van der Waals surface area contributed by atoms with Crippen molar-refractivity contribution in [2.75, 3.05) is 5.32 Å². The number of aromatic amines is 1. The Kier molecular flexibility index (Phi) is 2.31. The van der Waals surface area contributed by atoms with Gasteiger partial charge >= 0.3 is 0 Å². The third-order valence-electron chi connectivity index (χ3n) is 6.05. The van der Waals surface area contributed by atoms with Gasteiger partial charge in [-0.25, -0.2) is 0 Å². The lowest BCUT2D eigenvalue weighted by Crippen LogP contribution is -2.45. The van der Waals surface area contributed by atoms with Crippen molar-refractivity contribution >= 4 is 16.6 Å². The van der Waals surface area contributed by atoms with E-state index in [-0.39, 0.29) is 0 Å². The summed E-state index contributed by atoms with van der Waals surface area (Å²) in [7, 11) is 0. The van der Waals surface area contributed by atoms with Crippen molar-refractivity contribution in [3.05, 3.63) is 24.4 Å². The minimum Gasteiger partial charge on any atom is -0.381 e. The number of hydrogen-bond donors (Lipinski definition) is 2. The van der Waals surface area contributed by atoms with Crippen LogP contribution in [0.4, 0.5) is 5.69 Å². The first-order valence-electron chi connectivity index (χ1n) is 7.69. The molecule has 1 aromatic heterocycles. The van der Waals surface area contributed by atoms with Gasteiger partial charge in [0.05, 0.1) is 11.7 Å². The number of anilines is 1. The first kappa shape index (κ1) is 12.2. The van der Waals surface area contributed by atoms with Gasteiger partial charge in [0.1, 0.15) is 0 Å². The molecule has 2 aromatic rings. The summed E-state index contributed by atoms with van der Waals surface area (Å²) in [5.74, 6) is 0.869. The molecule has 3 nitrogen and oxygen atoms in total. The van der Waals surface area contributed by atoms with Gasteiger partial charge in [-0.05, 0) is 48.1 Å². The van der Waals surface area contributed by atoms with Gasteiger partial charge in [0.15, 0.2) is 0 Å². The quantitative estimate of drug-likeness (QED) is 0.858. The molecule has 0 radical (unpaired) electrons. The zero-order valence-electron chi connectivity index (χ0n) is 12.5. The molecule has 4 rings (SSSR count). The van der Waals surface area contributed by atoms with Gasteiger partial charge in [0, 0.05) is 17.1 Å². The van der Waals surface area contributed by atoms with Crippen molar-refractivity contribution in [1.29, 1.82) is 0 Å². The minimum absolute atomic E-state index is 0.374. The van der Waals surface area contributed by atoms with Gasteiger partial charge in [-0.2, -0.15) is 5.10 Å². The summed E-state index contributed by atoms with van der Waals surface area (Å²) in [4.78, 5) is 0. The van der Waals surface area contributed by atoms with Crippen LogP contribution in [-0.2, 0) is 0 Å². The Labute approximate surface area is 120 Å². The van der Waals surface area contributed by atoms with Gasteiger partial charge in [-0.3, -0.25) is 5.10 Å². The summed E-state index contributed by atoms with van der Waals surface area (Å²) in [5.41, 5.74) is 3.16. The molecule has 0 aliphatic heterocycles. The Morgan fingerprint density at radius 3 is 2.90 bits per heavy atom. The molecule has 106 valence electrons. The molecule has 2 N–H and O–H groups in total. The van der Waals surface area contributed by atoms with Crippen LogP contribution in [0.2, 0.25) is 0 Å². The third kappa shape index (κ3) is 1.49. The van der Waals surface area contributed by atoms with Crippen molar-refractivity contribution in [2.24, 2.45) is 16.7 Å². The molecule has 2 aliphatic rings. The van der Waals surface area contributed by atoms with E-state index in [0.717, 1.165) is 11.4 Å². The average molecular weight is 269 g/mol. The summed E-state index contributed by atoms with van der Waals surface area (Å²) < 4.78 is 0. The second kappa shape index (κ2) is 3.78. The molecule has 0 amide bonds. The van der Waals surface area contributed by atoms with Crippen LogP contribution in [0.3, 0.4) is 0 Å². The summed E-state index contributed by atoms with van der Waals surface area (Å²) in [6.07, 6.45) is 6.07. The van der Waals surface area contributed by atoms with E-state index in [1.54, 1.807) is 0 Å². The normalized spacial score (nSPS) is 34.8. The van der Waals surface area contributed by atoms with Crippen molar-refractivity contribution in [2.45, 2.75) is 46.1 Å². The van der Waals surface area contributed by atoms with E-state index >= 15 is 0 Å². The average Bonchev–Trinajstić information content (AvgIpc) is 3.05. The highest BCUT2D eigenvalue weighted by atomic mass is 15.1. The van der Waals surface area contributed by atoms with Crippen molar-refractivity contribution in [3.8, 4) is 0 Å². The zero-order chi connectivity index (χ0) is 14.0. The largest absolute Gasteiger partial charge is 0.381 e. The summed E-state index contributed by atoms with van der Waals surface area (Å²) in [6, 6.07) is 6.92. The lowest BCUT2D eigenvalue weighted by Gasteiger charge is -2.43. The van der Waals surface area contributed by atoms with Gasteiger partial charge < -0.3 is 5.32 Å². The van der Waals surface area contributed by atoms with Crippen LogP contribution in [0.25, 0.3) is 10.9 Å². The van der Waals surface area contributed by atoms with Crippen LogP contribution >= 0.6 is 0 Å². The Bertz CT molecular complexity index is 652. The van der Waals surface area contributed by atoms with Crippen molar-refractivity contribution in [1.82, 2.24) is 10.2 Å². The molecule has 0 saturated heterocycles. The fourth-order valence-corrected chi connectivity index (χ4v) is 4.91. The molecule has 2 fully saturated rings. The first-order valence-corrected chi connectivity index (χ1v) is 7.69. The first-order chi connectivity index (χ1) is 9.51. The van der Waals surface area contributed by atoms with Crippen LogP contribution in [-0.4, -0.2) is 16.2 Å². The predicted molar refractivity (Wildman–Crippen MR) is 82.7 cm³/mol. The standard InChI is InChI=1S/C17H23N3/c1-16(2)11-7-8-17(3,9-11)15(16)19-13-5-4-6-14-12(13)10-18-20-14/h4-6,10-11,15,19H,7-9H2,1-3H3,(H,18,20). The fourth-order valence-electron chi connectivity index (χ4n) is 4.91. The highest BCUT2D eigenvalue weighted by Gasteiger charge is 2.59. The Hall–Kier alpha value is -1.51. The van der Waals surface area contributed by atoms with E-state index in [4.69, 9.17) is 0 Å². The number of rotatable bonds is 2. The molecule has 2 saturated carbocycles. The predicted octanol–water partition coefficient (Wildman–Crippen LogP) is 4.19. The Balaban J connectivity index is 1.74. The monoisotopic (exact) mass is 269 g/mol. The summed E-state index contributed by atoms with van der Waals surface area (Å²) in [6.45, 7) is 7.35. The molecule has 0 spiro atoms. The van der Waals surface area contributed by atoms with E-state index < -0.39 is 0 Å². The number of fused-ring (bicyclic) bond motifs is 3. The van der Waals surface area contributed by atoms with E-state index in [0.29, 0.717) is 16.9 Å². The minimum atomic E-state index is 0.374. The van der Waals surface area contributed by atoms with Gasteiger partial charge in [0.25, 0.3) is 0 Å². The number of nitrogens with one attached hydrogen (secondary N) is 2. The van der Waals surface area contributed by atoms with Gasteiger partial charge in [0.2, 0.25) is 0 Å². The second-order valence-corrected chi connectivity index (χ2v) is 7.63. The smallest absolute Gasteiger partial charge is 0.0671 e. The number of nitrogens with zero attached hydrogens (tertiary/aromatic N) is 1. The van der Waals surface area contributed by atoms with Gasteiger partial charge in [-0.1, -0.05) is 26.8 Å². The SMILES string of the molecule is CC12CCC(C1)C(C)(C)C2Nc1cccc2[nH]ncc12.